The molecule has 1 amide bonds. The number of carbonyl (C=O) groups excluding carboxylic acids is 1. The fraction of sp³-hybridized carbons (Fsp3) is 0.211. The van der Waals surface area contributed by atoms with Crippen molar-refractivity contribution in [2.75, 3.05) is 0 Å². The fourth-order valence-electron chi connectivity index (χ4n) is 2.88. The van der Waals surface area contributed by atoms with Crippen LogP contribution in [0.5, 0.6) is 0 Å². The van der Waals surface area contributed by atoms with Crippen molar-refractivity contribution in [3.8, 4) is 5.82 Å². The molecule has 0 spiro atoms. The molecule has 0 aliphatic rings. The van der Waals surface area contributed by atoms with Gasteiger partial charge in [-0.3, -0.25) is 9.48 Å². The first-order chi connectivity index (χ1) is 13.6. The summed E-state index contributed by atoms with van der Waals surface area (Å²) >= 11 is 1.53. The van der Waals surface area contributed by atoms with E-state index in [-0.39, 0.29) is 5.91 Å². The van der Waals surface area contributed by atoms with Crippen molar-refractivity contribution in [3.05, 3.63) is 76.4 Å². The van der Waals surface area contributed by atoms with Crippen LogP contribution in [0.15, 0.2) is 54.4 Å². The number of rotatable bonds is 6. The number of aromatic amines is 1. The number of nitrogens with zero attached hydrogens (tertiary/aromatic N) is 6. The van der Waals surface area contributed by atoms with E-state index in [0.29, 0.717) is 24.5 Å². The normalized spacial score (nSPS) is 10.9. The maximum Gasteiger partial charge on any atom is 0.346 e. The molecular weight excluding hydrogens is 374 g/mol. The molecule has 0 saturated heterocycles. The Morgan fingerprint density at radius 2 is 2.21 bits per heavy atom. The molecule has 8 nitrogen and oxygen atoms in total. The maximum absolute atomic E-state index is 13.2. The van der Waals surface area contributed by atoms with Crippen molar-refractivity contribution in [2.45, 2.75) is 20.0 Å². The minimum atomic E-state index is -0.103. The van der Waals surface area contributed by atoms with E-state index >= 15 is 0 Å². The number of nitrogens with one attached hydrogen (secondary N) is 1. The Bertz CT molecular complexity index is 1030. The summed E-state index contributed by atoms with van der Waals surface area (Å²) in [6, 6.07) is 7.48. The molecular formula is C19H20N7OS+. The summed E-state index contributed by atoms with van der Waals surface area (Å²) in [6.07, 6.45) is 7.02. The third kappa shape index (κ3) is 3.84. The topological polar surface area (TPSA) is 83.6 Å². The van der Waals surface area contributed by atoms with Crippen molar-refractivity contribution < 1.29 is 9.48 Å². The predicted molar refractivity (Wildman–Crippen MR) is 104 cm³/mol. The van der Waals surface area contributed by atoms with Crippen LogP contribution in [0, 0.1) is 6.92 Å². The van der Waals surface area contributed by atoms with Gasteiger partial charge in [-0.2, -0.15) is 5.10 Å². The van der Waals surface area contributed by atoms with E-state index in [9.17, 15) is 4.79 Å². The van der Waals surface area contributed by atoms with Crippen LogP contribution >= 0.6 is 11.3 Å². The Morgan fingerprint density at radius 1 is 1.32 bits per heavy atom. The Morgan fingerprint density at radius 3 is 2.82 bits per heavy atom. The number of carbonyl (C=O) groups is 1. The van der Waals surface area contributed by atoms with Gasteiger partial charge < -0.3 is 4.90 Å². The van der Waals surface area contributed by atoms with Gasteiger partial charge >= 0.3 is 5.82 Å². The van der Waals surface area contributed by atoms with Crippen molar-refractivity contribution in [3.63, 3.8) is 0 Å². The van der Waals surface area contributed by atoms with Crippen LogP contribution < -0.4 is 4.68 Å². The molecule has 4 aromatic heterocycles. The van der Waals surface area contributed by atoms with Gasteiger partial charge in [0.05, 0.1) is 24.3 Å². The smallest absolute Gasteiger partial charge is 0.326 e. The molecule has 0 aromatic carbocycles. The van der Waals surface area contributed by atoms with Crippen LogP contribution in [0.1, 0.15) is 26.8 Å². The quantitative estimate of drug-likeness (QED) is 0.507. The number of hydrogen-bond donors (Lipinski definition) is 1. The number of amides is 1. The lowest BCUT2D eigenvalue weighted by Crippen LogP contribution is -2.33. The number of pyridine rings is 1. The standard InChI is InChI=1S/C19H19N7OS/c1-14-10-16(23-24(14)2)12-25(13-18-20-7-9-28-18)19(27)15-4-5-17(21-11-15)26-8-3-6-22-26/h3-11H,12-13H2,1-2H3/p+1. The summed E-state index contributed by atoms with van der Waals surface area (Å²) in [7, 11) is 1.90. The van der Waals surface area contributed by atoms with Crippen molar-refractivity contribution in [1.29, 1.82) is 0 Å². The van der Waals surface area contributed by atoms with Gasteiger partial charge in [0, 0.05) is 36.6 Å². The summed E-state index contributed by atoms with van der Waals surface area (Å²) in [4.78, 5) is 23.6. The molecule has 4 heterocycles. The molecule has 0 saturated carbocycles. The van der Waals surface area contributed by atoms with Crippen LogP contribution in [0.4, 0.5) is 0 Å². The molecule has 28 heavy (non-hydrogen) atoms. The van der Waals surface area contributed by atoms with Crippen LogP contribution in [0.2, 0.25) is 0 Å². The molecule has 0 aliphatic carbocycles. The van der Waals surface area contributed by atoms with Crippen molar-refractivity contribution >= 4 is 17.2 Å². The van der Waals surface area contributed by atoms with Gasteiger partial charge in [0.2, 0.25) is 0 Å². The molecule has 0 unspecified atom stereocenters. The molecule has 0 radical (unpaired) electrons. The second-order valence-electron chi connectivity index (χ2n) is 6.40. The van der Waals surface area contributed by atoms with Crippen LogP contribution in [0.25, 0.3) is 5.82 Å². The molecule has 0 fully saturated rings. The average Bonchev–Trinajstić information content (AvgIpc) is 3.45. The second kappa shape index (κ2) is 7.73. The number of thiazole rings is 1. The largest absolute Gasteiger partial charge is 0.346 e. The monoisotopic (exact) mass is 394 g/mol. The molecule has 142 valence electrons. The van der Waals surface area contributed by atoms with Gasteiger partial charge in [0.15, 0.2) is 6.20 Å². The molecule has 9 heteroatoms. The molecule has 0 bridgehead atoms. The highest BCUT2D eigenvalue weighted by Crippen LogP contribution is 2.15. The van der Waals surface area contributed by atoms with Gasteiger partial charge in [-0.15, -0.1) is 16.0 Å². The molecule has 0 atom stereocenters. The molecule has 0 aliphatic heterocycles. The lowest BCUT2D eigenvalue weighted by molar-refractivity contribution is -0.658. The number of hydrogen-bond acceptors (Lipinski definition) is 5. The van der Waals surface area contributed by atoms with E-state index in [1.807, 2.05) is 54.6 Å². The zero-order valence-electron chi connectivity index (χ0n) is 15.6. The molecule has 4 aromatic rings. The van der Waals surface area contributed by atoms with E-state index in [2.05, 4.69) is 20.2 Å². The zero-order valence-corrected chi connectivity index (χ0v) is 16.4. The minimum absolute atomic E-state index is 0.103. The lowest BCUT2D eigenvalue weighted by Gasteiger charge is -2.20. The second-order valence-corrected chi connectivity index (χ2v) is 7.38. The lowest BCUT2D eigenvalue weighted by atomic mass is 10.2. The van der Waals surface area contributed by atoms with E-state index in [1.54, 1.807) is 28.0 Å². The number of aryl methyl sites for hydroxylation is 2. The van der Waals surface area contributed by atoms with Crippen LogP contribution in [-0.4, -0.2) is 35.7 Å². The summed E-state index contributed by atoms with van der Waals surface area (Å²) in [5.74, 6) is 0.613. The maximum atomic E-state index is 13.2. The van der Waals surface area contributed by atoms with Gasteiger partial charge in [-0.25, -0.2) is 10.1 Å². The highest BCUT2D eigenvalue weighted by Gasteiger charge is 2.21. The van der Waals surface area contributed by atoms with Crippen molar-refractivity contribution in [1.82, 2.24) is 29.7 Å². The van der Waals surface area contributed by atoms with E-state index in [0.717, 1.165) is 16.4 Å². The van der Waals surface area contributed by atoms with E-state index < -0.39 is 0 Å². The number of aromatic nitrogens is 6. The predicted octanol–water partition coefficient (Wildman–Crippen LogP) is 2.03. The van der Waals surface area contributed by atoms with Crippen LogP contribution in [0.3, 0.4) is 0 Å². The number of H-pyrrole nitrogens is 1. The Hall–Kier alpha value is -3.33. The van der Waals surface area contributed by atoms with Gasteiger partial charge in [-0.1, -0.05) is 0 Å². The Labute approximate surface area is 166 Å². The third-order valence-corrected chi connectivity index (χ3v) is 5.17. The van der Waals surface area contributed by atoms with Gasteiger partial charge in [0.1, 0.15) is 11.2 Å². The van der Waals surface area contributed by atoms with E-state index in [1.165, 1.54) is 11.3 Å². The highest BCUT2D eigenvalue weighted by atomic mass is 32.1. The third-order valence-electron chi connectivity index (χ3n) is 4.40. The van der Waals surface area contributed by atoms with Crippen LogP contribution in [-0.2, 0) is 20.1 Å². The van der Waals surface area contributed by atoms with E-state index in [4.69, 9.17) is 0 Å². The van der Waals surface area contributed by atoms with Gasteiger partial charge in [-0.05, 0) is 30.1 Å². The first kappa shape index (κ1) is 18.1. The Kier molecular flexibility index (Phi) is 4.98. The van der Waals surface area contributed by atoms with Gasteiger partial charge in [0.25, 0.3) is 5.91 Å². The Balaban J connectivity index is 1.58. The summed E-state index contributed by atoms with van der Waals surface area (Å²) in [5.41, 5.74) is 2.42. The SMILES string of the molecule is Cc1cc(CN(Cc2nccs2)C(=O)c2ccc(-[n+]3ccc[nH]3)nc2)nn1C. The summed E-state index contributed by atoms with van der Waals surface area (Å²) in [5, 5.41) is 10.3. The van der Waals surface area contributed by atoms with Crippen molar-refractivity contribution in [2.24, 2.45) is 7.05 Å². The first-order valence-corrected chi connectivity index (χ1v) is 9.67. The zero-order chi connectivity index (χ0) is 19.5. The summed E-state index contributed by atoms with van der Waals surface area (Å²) < 4.78 is 3.59. The molecule has 4 rings (SSSR count). The molecule has 1 N–H and O–H groups in total. The minimum Gasteiger partial charge on any atom is -0.326 e. The average molecular weight is 394 g/mol. The fourth-order valence-corrected chi connectivity index (χ4v) is 3.51. The highest BCUT2D eigenvalue weighted by molar-refractivity contribution is 7.09. The summed E-state index contributed by atoms with van der Waals surface area (Å²) in [6.45, 7) is 2.83. The first-order valence-electron chi connectivity index (χ1n) is 8.79.